The Balaban J connectivity index is 2.52. The average molecular weight is 295 g/mol. The van der Waals surface area contributed by atoms with Gasteiger partial charge in [-0.1, -0.05) is 33.6 Å². The van der Waals surface area contributed by atoms with E-state index < -0.39 is 0 Å². The van der Waals surface area contributed by atoms with Gasteiger partial charge in [-0.25, -0.2) is 0 Å². The molecule has 1 saturated heterocycles. The molecular weight excluding hydrogens is 256 g/mol. The van der Waals surface area contributed by atoms with Gasteiger partial charge in [0.05, 0.1) is 6.17 Å². The molecule has 2 heteroatoms. The minimum atomic E-state index is 0.234. The molecule has 0 spiro atoms. The molecule has 0 aromatic rings. The maximum atomic E-state index is 2.86. The molecule has 21 heavy (non-hydrogen) atoms. The molecule has 2 unspecified atom stereocenters. The number of hydrogen-bond donors (Lipinski definition) is 0. The third-order valence-corrected chi connectivity index (χ3v) is 5.26. The van der Waals surface area contributed by atoms with Gasteiger partial charge in [-0.2, -0.15) is 0 Å². The van der Waals surface area contributed by atoms with Gasteiger partial charge in [0.25, 0.3) is 0 Å². The van der Waals surface area contributed by atoms with Crippen molar-refractivity contribution >= 4 is 0 Å². The van der Waals surface area contributed by atoms with E-state index in [1.165, 1.54) is 25.7 Å². The van der Waals surface area contributed by atoms with Crippen molar-refractivity contribution in [1.82, 2.24) is 9.80 Å². The molecule has 0 aromatic carbocycles. The Bertz CT molecular complexity index is 336. The quantitative estimate of drug-likeness (QED) is 0.628. The van der Waals surface area contributed by atoms with E-state index in [0.717, 1.165) is 12.1 Å². The van der Waals surface area contributed by atoms with Crippen LogP contribution in [0.3, 0.4) is 0 Å². The highest BCUT2D eigenvalue weighted by Gasteiger charge is 2.57. The van der Waals surface area contributed by atoms with Gasteiger partial charge in [0.15, 0.2) is 0 Å². The van der Waals surface area contributed by atoms with Crippen molar-refractivity contribution in [2.45, 2.75) is 117 Å². The Morgan fingerprint density at radius 3 is 1.19 bits per heavy atom. The van der Waals surface area contributed by atoms with Crippen LogP contribution in [-0.4, -0.2) is 39.1 Å². The molecule has 1 aliphatic carbocycles. The Hall–Kier alpha value is -0.0800. The van der Waals surface area contributed by atoms with Crippen LogP contribution in [0.25, 0.3) is 0 Å². The van der Waals surface area contributed by atoms with Crippen LogP contribution in [0.2, 0.25) is 0 Å². The van der Waals surface area contributed by atoms with Gasteiger partial charge in [0, 0.05) is 23.2 Å². The van der Waals surface area contributed by atoms with E-state index in [9.17, 15) is 0 Å². The van der Waals surface area contributed by atoms with Gasteiger partial charge in [-0.15, -0.1) is 0 Å². The van der Waals surface area contributed by atoms with Gasteiger partial charge < -0.3 is 0 Å². The Labute approximate surface area is 133 Å². The average Bonchev–Trinajstić information content (AvgIpc) is 2.62. The van der Waals surface area contributed by atoms with E-state index in [1.807, 2.05) is 0 Å². The second kappa shape index (κ2) is 5.23. The first kappa shape index (κ1) is 17.3. The summed E-state index contributed by atoms with van der Waals surface area (Å²) in [6.07, 6.45) is 6.10. The molecule has 1 aliphatic heterocycles. The Morgan fingerprint density at radius 2 is 0.952 bits per heavy atom. The van der Waals surface area contributed by atoms with E-state index in [1.54, 1.807) is 0 Å². The van der Waals surface area contributed by atoms with Gasteiger partial charge >= 0.3 is 0 Å². The molecule has 0 radical (unpaired) electrons. The lowest BCUT2D eigenvalue weighted by molar-refractivity contribution is -0.0582. The maximum Gasteiger partial charge on any atom is 0.0686 e. The van der Waals surface area contributed by atoms with Gasteiger partial charge in [-0.3, -0.25) is 9.80 Å². The molecule has 0 aromatic heterocycles. The van der Waals surface area contributed by atoms with Crippen LogP contribution in [0.1, 0.15) is 88.0 Å². The summed E-state index contributed by atoms with van der Waals surface area (Å²) in [7, 11) is 0. The molecule has 2 aliphatic rings. The monoisotopic (exact) mass is 294 g/mol. The zero-order valence-corrected chi connectivity index (χ0v) is 16.0. The zero-order valence-electron chi connectivity index (χ0n) is 16.0. The highest BCUT2D eigenvalue weighted by atomic mass is 15.5. The van der Waals surface area contributed by atoms with Crippen LogP contribution in [0.4, 0.5) is 0 Å². The predicted octanol–water partition coefficient (Wildman–Crippen LogP) is 4.88. The van der Waals surface area contributed by atoms with Crippen LogP contribution in [-0.2, 0) is 0 Å². The summed E-state index contributed by atoms with van der Waals surface area (Å²) >= 11 is 0. The first-order valence-electron chi connectivity index (χ1n) is 8.92. The van der Waals surface area contributed by atoms with Crippen LogP contribution < -0.4 is 0 Å². The summed E-state index contributed by atoms with van der Waals surface area (Å²) in [5.74, 6) is 0. The van der Waals surface area contributed by atoms with E-state index >= 15 is 0 Å². The molecule has 124 valence electrons. The minimum Gasteiger partial charge on any atom is -0.278 e. The van der Waals surface area contributed by atoms with Crippen molar-refractivity contribution in [2.75, 3.05) is 0 Å². The molecular formula is C19H38N2. The Kier molecular flexibility index (Phi) is 4.30. The van der Waals surface area contributed by atoms with Crippen molar-refractivity contribution in [3.05, 3.63) is 0 Å². The van der Waals surface area contributed by atoms with E-state index in [4.69, 9.17) is 0 Å². The lowest BCUT2D eigenvalue weighted by Gasteiger charge is -2.50. The van der Waals surface area contributed by atoms with Crippen molar-refractivity contribution < 1.29 is 0 Å². The number of hydrogen-bond acceptors (Lipinski definition) is 2. The first-order chi connectivity index (χ1) is 9.35. The number of fused-ring (bicyclic) bond motifs is 1. The molecule has 0 bridgehead atoms. The predicted molar refractivity (Wildman–Crippen MR) is 92.5 cm³/mol. The first-order valence-corrected chi connectivity index (χ1v) is 8.92. The highest BCUT2D eigenvalue weighted by Crippen LogP contribution is 2.48. The van der Waals surface area contributed by atoms with Crippen LogP contribution in [0.5, 0.6) is 0 Å². The van der Waals surface area contributed by atoms with E-state index in [2.05, 4.69) is 72.1 Å². The smallest absolute Gasteiger partial charge is 0.0686 e. The minimum absolute atomic E-state index is 0.234. The fourth-order valence-electron chi connectivity index (χ4n) is 4.80. The van der Waals surface area contributed by atoms with Crippen molar-refractivity contribution in [3.8, 4) is 0 Å². The summed E-state index contributed by atoms with van der Waals surface area (Å²) in [6, 6.07) is 1.48. The molecule has 2 atom stereocenters. The van der Waals surface area contributed by atoms with E-state index in [-0.39, 0.29) is 16.5 Å². The molecule has 2 rings (SSSR count). The van der Waals surface area contributed by atoms with E-state index in [0.29, 0.717) is 6.17 Å². The fourth-order valence-corrected chi connectivity index (χ4v) is 4.80. The van der Waals surface area contributed by atoms with Crippen molar-refractivity contribution in [2.24, 2.45) is 5.41 Å². The van der Waals surface area contributed by atoms with Crippen LogP contribution in [0, 0.1) is 5.41 Å². The largest absolute Gasteiger partial charge is 0.278 e. The SMILES string of the molecule is CC(C)(C)C1N(C(C)(C)C)C2CCCCC2N1C(C)(C)C. The molecule has 0 N–H and O–H groups in total. The summed E-state index contributed by atoms with van der Waals surface area (Å²) in [6.45, 7) is 21.7. The second-order valence-corrected chi connectivity index (χ2v) is 10.3. The topological polar surface area (TPSA) is 6.48 Å². The summed E-state index contributed by atoms with van der Waals surface area (Å²) in [5.41, 5.74) is 0.744. The molecule has 1 heterocycles. The maximum absolute atomic E-state index is 2.86. The van der Waals surface area contributed by atoms with Crippen molar-refractivity contribution in [1.29, 1.82) is 0 Å². The zero-order chi connectivity index (χ0) is 16.2. The fraction of sp³-hybridized carbons (Fsp3) is 1.00. The molecule has 0 amide bonds. The van der Waals surface area contributed by atoms with Gasteiger partial charge in [-0.05, 0) is 59.8 Å². The standard InChI is InChI=1S/C19H38N2/c1-17(2,3)16-20(18(4,5)6)14-12-10-11-13-15(14)21(16)19(7,8)9/h14-16H,10-13H2,1-9H3. The lowest BCUT2D eigenvalue weighted by Crippen LogP contribution is -2.59. The van der Waals surface area contributed by atoms with Crippen LogP contribution >= 0.6 is 0 Å². The molecule has 1 saturated carbocycles. The number of nitrogens with zero attached hydrogens (tertiary/aromatic N) is 2. The normalized spacial score (nSPS) is 33.3. The van der Waals surface area contributed by atoms with Gasteiger partial charge in [0.2, 0.25) is 0 Å². The summed E-state index contributed by atoms with van der Waals surface area (Å²) < 4.78 is 0. The third-order valence-electron chi connectivity index (χ3n) is 5.26. The summed E-state index contributed by atoms with van der Waals surface area (Å²) in [5, 5.41) is 0. The highest BCUT2D eigenvalue weighted by molar-refractivity contribution is 5.09. The van der Waals surface area contributed by atoms with Gasteiger partial charge in [0.1, 0.15) is 0 Å². The van der Waals surface area contributed by atoms with Crippen molar-refractivity contribution in [3.63, 3.8) is 0 Å². The Morgan fingerprint density at radius 1 is 0.619 bits per heavy atom. The lowest BCUT2D eigenvalue weighted by atomic mass is 9.86. The summed E-state index contributed by atoms with van der Waals surface area (Å²) in [4.78, 5) is 5.73. The van der Waals surface area contributed by atoms with Crippen LogP contribution in [0.15, 0.2) is 0 Å². The molecule has 2 nitrogen and oxygen atoms in total. The number of rotatable bonds is 0. The second-order valence-electron chi connectivity index (χ2n) is 10.3. The third kappa shape index (κ3) is 3.17. The molecule has 2 fully saturated rings.